The molecule has 2 N–H and O–H groups in total. The Labute approximate surface area is 108 Å². The summed E-state index contributed by atoms with van der Waals surface area (Å²) in [7, 11) is 0. The van der Waals surface area contributed by atoms with Gasteiger partial charge in [-0.1, -0.05) is 22.0 Å². The molecule has 0 heterocycles. The van der Waals surface area contributed by atoms with Gasteiger partial charge in [-0.25, -0.2) is 0 Å². The Morgan fingerprint density at radius 3 is 2.47 bits per heavy atom. The zero-order valence-electron chi connectivity index (χ0n) is 9.20. The molecule has 0 aliphatic rings. The van der Waals surface area contributed by atoms with Crippen molar-refractivity contribution < 1.29 is 9.59 Å². The molecule has 0 unspecified atom stereocenters. The van der Waals surface area contributed by atoms with Crippen LogP contribution in [0.25, 0.3) is 0 Å². The number of carbonyl (C=O) groups is 2. The average molecular weight is 297 g/mol. The smallest absolute Gasteiger partial charge is 0.251 e. The van der Waals surface area contributed by atoms with Crippen LogP contribution in [-0.2, 0) is 4.79 Å². The van der Waals surface area contributed by atoms with Crippen molar-refractivity contribution >= 4 is 27.7 Å². The minimum Gasteiger partial charge on any atom is -0.351 e. The van der Waals surface area contributed by atoms with Gasteiger partial charge in [0.15, 0.2) is 0 Å². The molecule has 0 spiro atoms. The van der Waals surface area contributed by atoms with Crippen LogP contribution >= 0.6 is 15.9 Å². The van der Waals surface area contributed by atoms with E-state index in [-0.39, 0.29) is 18.4 Å². The number of halogens is 1. The molecule has 0 atom stereocenters. The van der Waals surface area contributed by atoms with Gasteiger partial charge in [0, 0.05) is 16.6 Å². The SMILES string of the molecule is C=CCNC(=O)CNC(=O)c1ccc(Br)cc1. The monoisotopic (exact) mass is 296 g/mol. The van der Waals surface area contributed by atoms with Crippen LogP contribution in [0, 0.1) is 0 Å². The Kier molecular flexibility index (Phi) is 5.42. The molecule has 1 rings (SSSR count). The topological polar surface area (TPSA) is 58.2 Å². The molecule has 0 radical (unpaired) electrons. The molecule has 4 nitrogen and oxygen atoms in total. The van der Waals surface area contributed by atoms with Gasteiger partial charge in [0.1, 0.15) is 0 Å². The van der Waals surface area contributed by atoms with Crippen LogP contribution in [0.1, 0.15) is 10.4 Å². The molecule has 5 heteroatoms. The van der Waals surface area contributed by atoms with Crippen molar-refractivity contribution in [3.63, 3.8) is 0 Å². The molecule has 2 amide bonds. The van der Waals surface area contributed by atoms with Crippen LogP contribution in [0.15, 0.2) is 41.4 Å². The second-order valence-corrected chi connectivity index (χ2v) is 4.20. The minimum atomic E-state index is -0.272. The summed E-state index contributed by atoms with van der Waals surface area (Å²) in [5.74, 6) is -0.512. The lowest BCUT2D eigenvalue weighted by Gasteiger charge is -2.05. The molecule has 0 bridgehead atoms. The van der Waals surface area contributed by atoms with E-state index in [1.54, 1.807) is 30.3 Å². The van der Waals surface area contributed by atoms with E-state index in [2.05, 4.69) is 33.1 Å². The van der Waals surface area contributed by atoms with Crippen molar-refractivity contribution in [2.75, 3.05) is 13.1 Å². The molecule has 0 aliphatic heterocycles. The van der Waals surface area contributed by atoms with Crippen LogP contribution < -0.4 is 10.6 Å². The van der Waals surface area contributed by atoms with E-state index >= 15 is 0 Å². The number of hydrogen-bond donors (Lipinski definition) is 2. The first-order chi connectivity index (χ1) is 8.13. The van der Waals surface area contributed by atoms with Crippen molar-refractivity contribution in [3.05, 3.63) is 47.0 Å². The number of amides is 2. The van der Waals surface area contributed by atoms with Crippen LogP contribution in [0.2, 0.25) is 0 Å². The zero-order chi connectivity index (χ0) is 12.7. The summed E-state index contributed by atoms with van der Waals surface area (Å²) >= 11 is 3.28. The fourth-order valence-electron chi connectivity index (χ4n) is 1.11. The van der Waals surface area contributed by atoms with Crippen molar-refractivity contribution in [2.24, 2.45) is 0 Å². The molecule has 0 aromatic heterocycles. The van der Waals surface area contributed by atoms with Crippen LogP contribution in [0.3, 0.4) is 0 Å². The lowest BCUT2D eigenvalue weighted by atomic mass is 10.2. The Morgan fingerprint density at radius 2 is 1.88 bits per heavy atom. The van der Waals surface area contributed by atoms with Crippen molar-refractivity contribution in [2.45, 2.75) is 0 Å². The highest BCUT2D eigenvalue weighted by Gasteiger charge is 2.06. The van der Waals surface area contributed by atoms with Gasteiger partial charge in [0.2, 0.25) is 5.91 Å². The van der Waals surface area contributed by atoms with Crippen molar-refractivity contribution in [1.29, 1.82) is 0 Å². The fraction of sp³-hybridized carbons (Fsp3) is 0.167. The van der Waals surface area contributed by atoms with Gasteiger partial charge in [0.25, 0.3) is 5.91 Å². The molecule has 90 valence electrons. The van der Waals surface area contributed by atoms with Gasteiger partial charge in [-0.05, 0) is 24.3 Å². The molecule has 1 aromatic carbocycles. The van der Waals surface area contributed by atoms with E-state index in [0.717, 1.165) is 4.47 Å². The molecular formula is C12H13BrN2O2. The maximum Gasteiger partial charge on any atom is 0.251 e. The summed E-state index contributed by atoms with van der Waals surface area (Å²) in [6, 6.07) is 6.90. The van der Waals surface area contributed by atoms with E-state index < -0.39 is 0 Å². The first-order valence-corrected chi connectivity index (χ1v) is 5.84. The summed E-state index contributed by atoms with van der Waals surface area (Å²) in [6.45, 7) is 3.83. The lowest BCUT2D eigenvalue weighted by molar-refractivity contribution is -0.119. The first kappa shape index (κ1) is 13.4. The minimum absolute atomic E-state index is 0.0390. The normalized spacial score (nSPS) is 9.47. The Morgan fingerprint density at radius 1 is 1.24 bits per heavy atom. The first-order valence-electron chi connectivity index (χ1n) is 5.05. The molecule has 0 saturated heterocycles. The number of rotatable bonds is 5. The third kappa shape index (κ3) is 4.82. The number of benzene rings is 1. The van der Waals surface area contributed by atoms with Crippen molar-refractivity contribution in [1.82, 2.24) is 10.6 Å². The summed E-state index contributed by atoms with van der Waals surface area (Å²) in [5.41, 5.74) is 0.518. The molecule has 0 fully saturated rings. The largest absolute Gasteiger partial charge is 0.351 e. The number of hydrogen-bond acceptors (Lipinski definition) is 2. The molecular weight excluding hydrogens is 284 g/mol. The Hall–Kier alpha value is -1.62. The van der Waals surface area contributed by atoms with E-state index in [1.807, 2.05) is 0 Å². The second kappa shape index (κ2) is 6.85. The standard InChI is InChI=1S/C12H13BrN2O2/c1-2-7-14-11(16)8-15-12(17)9-3-5-10(13)6-4-9/h2-6H,1,7-8H2,(H,14,16)(H,15,17). The van der Waals surface area contributed by atoms with Gasteiger partial charge in [-0.3, -0.25) is 9.59 Å². The zero-order valence-corrected chi connectivity index (χ0v) is 10.8. The highest BCUT2D eigenvalue weighted by Crippen LogP contribution is 2.10. The Bertz CT molecular complexity index is 415. The van der Waals surface area contributed by atoms with Crippen molar-refractivity contribution in [3.8, 4) is 0 Å². The summed E-state index contributed by atoms with van der Waals surface area (Å²) in [4.78, 5) is 22.8. The summed E-state index contributed by atoms with van der Waals surface area (Å²) in [5, 5.41) is 5.10. The van der Waals surface area contributed by atoms with Gasteiger partial charge in [-0.2, -0.15) is 0 Å². The average Bonchev–Trinajstić information content (AvgIpc) is 2.34. The summed E-state index contributed by atoms with van der Waals surface area (Å²) in [6.07, 6.45) is 1.58. The van der Waals surface area contributed by atoms with E-state index in [9.17, 15) is 9.59 Å². The van der Waals surface area contributed by atoms with Crippen LogP contribution in [0.5, 0.6) is 0 Å². The van der Waals surface area contributed by atoms with Gasteiger partial charge >= 0.3 is 0 Å². The summed E-state index contributed by atoms with van der Waals surface area (Å²) < 4.78 is 0.901. The number of nitrogens with one attached hydrogen (secondary N) is 2. The van der Waals surface area contributed by atoms with Gasteiger partial charge in [0.05, 0.1) is 6.54 Å². The third-order valence-electron chi connectivity index (χ3n) is 1.96. The van der Waals surface area contributed by atoms with Gasteiger partial charge in [-0.15, -0.1) is 6.58 Å². The van der Waals surface area contributed by atoms with E-state index in [4.69, 9.17) is 0 Å². The third-order valence-corrected chi connectivity index (χ3v) is 2.49. The van der Waals surface area contributed by atoms with Crippen LogP contribution in [0.4, 0.5) is 0 Å². The van der Waals surface area contributed by atoms with E-state index in [0.29, 0.717) is 12.1 Å². The number of carbonyl (C=O) groups excluding carboxylic acids is 2. The van der Waals surface area contributed by atoms with E-state index in [1.165, 1.54) is 0 Å². The fourth-order valence-corrected chi connectivity index (χ4v) is 1.38. The molecule has 17 heavy (non-hydrogen) atoms. The van der Waals surface area contributed by atoms with Crippen LogP contribution in [-0.4, -0.2) is 24.9 Å². The quantitative estimate of drug-likeness (QED) is 0.809. The maximum atomic E-state index is 11.6. The molecule has 1 aromatic rings. The molecule has 0 aliphatic carbocycles. The highest BCUT2D eigenvalue weighted by molar-refractivity contribution is 9.10. The maximum absolute atomic E-state index is 11.6. The Balaban J connectivity index is 2.42. The van der Waals surface area contributed by atoms with Gasteiger partial charge < -0.3 is 10.6 Å². The predicted octanol–water partition coefficient (Wildman–Crippen LogP) is 1.48. The second-order valence-electron chi connectivity index (χ2n) is 3.28. The predicted molar refractivity (Wildman–Crippen MR) is 69.7 cm³/mol. The highest BCUT2D eigenvalue weighted by atomic mass is 79.9. The molecule has 0 saturated carbocycles. The lowest BCUT2D eigenvalue weighted by Crippen LogP contribution is -2.36.